The second-order valence-corrected chi connectivity index (χ2v) is 4.25. The van der Waals surface area contributed by atoms with Crippen molar-refractivity contribution in [1.82, 2.24) is 0 Å². The van der Waals surface area contributed by atoms with E-state index in [1.807, 2.05) is 0 Å². The van der Waals surface area contributed by atoms with Crippen molar-refractivity contribution >= 4 is 18.4 Å². The summed E-state index contributed by atoms with van der Waals surface area (Å²) in [4.78, 5) is 17.8. The number of rotatable bonds is 6. The molecule has 124 valence electrons. The van der Waals surface area contributed by atoms with E-state index in [1.54, 1.807) is 0 Å². The van der Waals surface area contributed by atoms with Crippen molar-refractivity contribution in [3.63, 3.8) is 0 Å². The van der Waals surface area contributed by atoms with Gasteiger partial charge in [-0.2, -0.15) is 13.2 Å². The molecule has 0 aliphatic carbocycles. The predicted octanol–water partition coefficient (Wildman–Crippen LogP) is 3.41. The fraction of sp³-hybridized carbons (Fsp3) is 0.214. The number of nitrogens with zero attached hydrogens (tertiary/aromatic N) is 2. The van der Waals surface area contributed by atoms with E-state index in [9.17, 15) is 22.4 Å². The molecular formula is C14H12F4N2O3. The molecule has 0 bridgehead atoms. The topological polar surface area (TPSA) is 71.2 Å². The summed E-state index contributed by atoms with van der Waals surface area (Å²) in [6, 6.07) is 3.21. The van der Waals surface area contributed by atoms with Gasteiger partial charge in [-0.1, -0.05) is 6.07 Å². The second-order valence-electron chi connectivity index (χ2n) is 4.25. The Morgan fingerprint density at radius 2 is 2.09 bits per heavy atom. The number of halogens is 4. The molecule has 1 N–H and O–H groups in total. The third kappa shape index (κ3) is 5.89. The standard InChI is InChI=1S/C14H12F4N2O3/c1-8(9-3-4-10(13(21)22)11(15)5-9)20-12(6-19-2)23-7-14(16,17)18/h3-6H,2,7H2,1H3,(H,21,22)/b12-6+,20-8?. The zero-order chi connectivity index (χ0) is 17.6. The van der Waals surface area contributed by atoms with Gasteiger partial charge in [0.05, 0.1) is 11.8 Å². The van der Waals surface area contributed by atoms with Gasteiger partial charge >= 0.3 is 12.1 Å². The van der Waals surface area contributed by atoms with E-state index in [0.717, 1.165) is 18.3 Å². The van der Waals surface area contributed by atoms with Crippen LogP contribution in [0, 0.1) is 5.82 Å². The number of aromatic carboxylic acids is 1. The first-order valence-electron chi connectivity index (χ1n) is 6.08. The van der Waals surface area contributed by atoms with Gasteiger partial charge in [-0.3, -0.25) is 4.99 Å². The fourth-order valence-electron chi connectivity index (χ4n) is 1.48. The van der Waals surface area contributed by atoms with Crippen LogP contribution in [0.2, 0.25) is 0 Å². The summed E-state index contributed by atoms with van der Waals surface area (Å²) in [5.41, 5.74) is -0.241. The SMILES string of the molecule is C=N/C=C(\N=C(C)c1ccc(C(=O)O)c(F)c1)OCC(F)(F)F. The Morgan fingerprint density at radius 3 is 2.57 bits per heavy atom. The van der Waals surface area contributed by atoms with Crippen molar-refractivity contribution in [3.8, 4) is 0 Å². The molecule has 0 saturated heterocycles. The first-order valence-corrected chi connectivity index (χ1v) is 6.08. The largest absolute Gasteiger partial charge is 0.478 e. The maximum absolute atomic E-state index is 13.6. The molecule has 0 saturated carbocycles. The molecule has 0 amide bonds. The molecule has 1 aromatic rings. The quantitative estimate of drug-likeness (QED) is 0.493. The van der Waals surface area contributed by atoms with E-state index >= 15 is 0 Å². The van der Waals surface area contributed by atoms with Crippen molar-refractivity contribution in [2.24, 2.45) is 9.98 Å². The molecular weight excluding hydrogens is 320 g/mol. The lowest BCUT2D eigenvalue weighted by molar-refractivity contribution is -0.165. The van der Waals surface area contributed by atoms with Crippen LogP contribution in [0.3, 0.4) is 0 Å². The van der Waals surface area contributed by atoms with E-state index in [1.165, 1.54) is 13.0 Å². The number of benzene rings is 1. The lowest BCUT2D eigenvalue weighted by Crippen LogP contribution is -2.16. The number of hydrogen-bond acceptors (Lipinski definition) is 4. The van der Waals surface area contributed by atoms with Gasteiger partial charge in [0.15, 0.2) is 6.61 Å². The Kier molecular flexibility index (Phi) is 6.00. The molecule has 9 heteroatoms. The number of hydrogen-bond donors (Lipinski definition) is 1. The van der Waals surface area contributed by atoms with Gasteiger partial charge in [-0.15, -0.1) is 0 Å². The Balaban J connectivity index is 3.04. The molecule has 23 heavy (non-hydrogen) atoms. The summed E-state index contributed by atoms with van der Waals surface area (Å²) in [6.07, 6.45) is -3.68. The average molecular weight is 332 g/mol. The number of alkyl halides is 3. The van der Waals surface area contributed by atoms with Crippen molar-refractivity contribution in [1.29, 1.82) is 0 Å². The minimum Gasteiger partial charge on any atom is -0.478 e. The molecule has 0 spiro atoms. The molecule has 0 fully saturated rings. The average Bonchev–Trinajstić information content (AvgIpc) is 2.43. The Bertz CT molecular complexity index is 666. The summed E-state index contributed by atoms with van der Waals surface area (Å²) in [6.45, 7) is 2.91. The van der Waals surface area contributed by atoms with Crippen molar-refractivity contribution in [3.05, 3.63) is 47.2 Å². The minimum absolute atomic E-state index is 0.109. The van der Waals surface area contributed by atoms with Gasteiger partial charge in [-0.25, -0.2) is 14.2 Å². The molecule has 0 aliphatic heterocycles. The predicted molar refractivity (Wildman–Crippen MR) is 75.2 cm³/mol. The third-order valence-corrected chi connectivity index (χ3v) is 2.48. The van der Waals surface area contributed by atoms with Gasteiger partial charge in [0.2, 0.25) is 5.88 Å². The zero-order valence-corrected chi connectivity index (χ0v) is 11.9. The van der Waals surface area contributed by atoms with Crippen LogP contribution in [0.4, 0.5) is 17.6 Å². The number of carbonyl (C=O) groups is 1. The van der Waals surface area contributed by atoms with Crippen molar-refractivity contribution in [2.45, 2.75) is 13.1 Å². The number of carboxylic acids is 1. The molecule has 5 nitrogen and oxygen atoms in total. The first kappa shape index (κ1) is 18.3. The fourth-order valence-corrected chi connectivity index (χ4v) is 1.48. The molecule has 0 radical (unpaired) electrons. The lowest BCUT2D eigenvalue weighted by Gasteiger charge is -2.10. The smallest absolute Gasteiger partial charge is 0.422 e. The highest BCUT2D eigenvalue weighted by Crippen LogP contribution is 2.18. The Labute approximate surface area is 128 Å². The maximum Gasteiger partial charge on any atom is 0.422 e. The van der Waals surface area contributed by atoms with Crippen LogP contribution < -0.4 is 0 Å². The van der Waals surface area contributed by atoms with Crippen LogP contribution in [-0.2, 0) is 4.74 Å². The highest BCUT2D eigenvalue weighted by Gasteiger charge is 2.28. The van der Waals surface area contributed by atoms with Crippen LogP contribution in [0.25, 0.3) is 0 Å². The van der Waals surface area contributed by atoms with Gasteiger partial charge < -0.3 is 9.84 Å². The maximum atomic E-state index is 13.6. The Morgan fingerprint density at radius 1 is 1.43 bits per heavy atom. The third-order valence-electron chi connectivity index (χ3n) is 2.48. The molecule has 0 heterocycles. The van der Waals surface area contributed by atoms with Crippen molar-refractivity contribution < 1.29 is 32.2 Å². The lowest BCUT2D eigenvalue weighted by atomic mass is 10.1. The molecule has 1 rings (SSSR count). The van der Waals surface area contributed by atoms with Gasteiger partial charge in [0, 0.05) is 5.71 Å². The summed E-state index contributed by atoms with van der Waals surface area (Å²) in [5.74, 6) is -2.89. The van der Waals surface area contributed by atoms with E-state index in [0.29, 0.717) is 0 Å². The van der Waals surface area contributed by atoms with E-state index < -0.39 is 36.0 Å². The van der Waals surface area contributed by atoms with E-state index in [2.05, 4.69) is 21.4 Å². The highest BCUT2D eigenvalue weighted by molar-refractivity contribution is 6.00. The van der Waals surface area contributed by atoms with Crippen LogP contribution >= 0.6 is 0 Å². The van der Waals surface area contributed by atoms with E-state index in [-0.39, 0.29) is 11.3 Å². The number of aliphatic imine (C=N–C) groups is 2. The summed E-state index contributed by atoms with van der Waals surface area (Å²) in [5, 5.41) is 8.73. The monoisotopic (exact) mass is 332 g/mol. The number of ether oxygens (including phenoxy) is 1. The molecule has 0 aromatic heterocycles. The van der Waals surface area contributed by atoms with Crippen molar-refractivity contribution in [2.75, 3.05) is 6.61 Å². The van der Waals surface area contributed by atoms with Crippen LogP contribution in [0.15, 0.2) is 40.3 Å². The van der Waals surface area contributed by atoms with Crippen LogP contribution in [0.5, 0.6) is 0 Å². The van der Waals surface area contributed by atoms with Gasteiger partial charge in [0.25, 0.3) is 0 Å². The van der Waals surface area contributed by atoms with E-state index in [4.69, 9.17) is 5.11 Å². The first-order chi connectivity index (χ1) is 10.6. The zero-order valence-electron chi connectivity index (χ0n) is 11.9. The Hall–Kier alpha value is -2.71. The van der Waals surface area contributed by atoms with Gasteiger partial charge in [0.1, 0.15) is 5.82 Å². The molecule has 0 atom stereocenters. The van der Waals surface area contributed by atoms with Gasteiger partial charge in [-0.05, 0) is 31.3 Å². The van der Waals surface area contributed by atoms with Crippen LogP contribution in [-0.4, -0.2) is 36.3 Å². The normalized spacial score (nSPS) is 12.9. The summed E-state index contributed by atoms with van der Waals surface area (Å²) < 4.78 is 54.5. The summed E-state index contributed by atoms with van der Waals surface area (Å²) in [7, 11) is 0. The number of carboxylic acid groups (broad SMARTS) is 1. The molecule has 0 unspecified atom stereocenters. The van der Waals surface area contributed by atoms with Crippen LogP contribution in [0.1, 0.15) is 22.8 Å². The second kappa shape index (κ2) is 7.52. The molecule has 1 aromatic carbocycles. The molecule has 0 aliphatic rings. The highest BCUT2D eigenvalue weighted by atomic mass is 19.4. The minimum atomic E-state index is -4.56. The summed E-state index contributed by atoms with van der Waals surface area (Å²) >= 11 is 0.